The molecule has 0 spiro atoms. The predicted molar refractivity (Wildman–Crippen MR) is 77.4 cm³/mol. The smallest absolute Gasteiger partial charge is 0.269 e. The molecule has 2 heterocycles. The minimum absolute atomic E-state index is 0.0454. The largest absolute Gasteiger partial charge is 0.272 e. The molecule has 1 aromatic carbocycles. The fraction of sp³-hybridized carbons (Fsp3) is 0.167. The molecule has 0 unspecified atom stereocenters. The van der Waals surface area contributed by atoms with Crippen LogP contribution in [0, 0.1) is 11.7 Å². The van der Waals surface area contributed by atoms with Crippen molar-refractivity contribution in [3.8, 4) is 0 Å². The van der Waals surface area contributed by atoms with Gasteiger partial charge in [-0.15, -0.1) is 0 Å². The summed E-state index contributed by atoms with van der Waals surface area (Å²) in [5.74, 6) is -1.09. The number of hydrogen-bond acceptors (Lipinski definition) is 6. The fourth-order valence-corrected chi connectivity index (χ4v) is 4.05. The second kappa shape index (κ2) is 4.85. The van der Waals surface area contributed by atoms with Crippen LogP contribution in [-0.4, -0.2) is 45.8 Å². The van der Waals surface area contributed by atoms with Crippen LogP contribution in [0.25, 0.3) is 0 Å². The van der Waals surface area contributed by atoms with Crippen molar-refractivity contribution in [2.24, 2.45) is 0 Å². The van der Waals surface area contributed by atoms with E-state index >= 15 is 0 Å². The Morgan fingerprint density at radius 1 is 1.36 bits per heavy atom. The summed E-state index contributed by atoms with van der Waals surface area (Å²) in [6.45, 7) is 0.907. The van der Waals surface area contributed by atoms with Crippen molar-refractivity contribution in [2.75, 3.05) is 6.54 Å². The molecule has 114 valence electrons. The molecule has 0 bridgehead atoms. The van der Waals surface area contributed by atoms with E-state index in [1.165, 1.54) is 18.2 Å². The molecule has 0 saturated carbocycles. The van der Waals surface area contributed by atoms with Crippen molar-refractivity contribution in [3.63, 3.8) is 0 Å². The van der Waals surface area contributed by atoms with Crippen LogP contribution >= 0.6 is 12.2 Å². The Hall–Kier alpha value is -2.33. The number of carbonyl (C=O) groups excluding carboxylic acids is 2. The Labute approximate surface area is 130 Å². The van der Waals surface area contributed by atoms with Gasteiger partial charge >= 0.3 is 0 Å². The number of amides is 1. The highest BCUT2D eigenvalue weighted by molar-refractivity contribution is 7.90. The van der Waals surface area contributed by atoms with Crippen molar-refractivity contribution in [1.29, 1.82) is 0 Å². The number of nitrogens with one attached hydrogen (secondary N) is 1. The summed E-state index contributed by atoms with van der Waals surface area (Å²) >= 11 is 4.92. The Bertz CT molecular complexity index is 958. The van der Waals surface area contributed by atoms with Crippen molar-refractivity contribution in [3.05, 3.63) is 40.4 Å². The standard InChI is InChI=1S/C12H10N4O4S2/c1-7-13-14-12(21)16(7)10(17)6-15-11(18)8-4-2-3-5-9(8)22(15,19)20/h2-5H,6H2,1H3,(H,14,21). The van der Waals surface area contributed by atoms with E-state index in [-0.39, 0.29) is 21.1 Å². The van der Waals surface area contributed by atoms with Crippen LogP contribution in [0.2, 0.25) is 0 Å². The number of nitrogens with zero attached hydrogens (tertiary/aromatic N) is 3. The molecular weight excluding hydrogens is 328 g/mol. The van der Waals surface area contributed by atoms with E-state index in [0.29, 0.717) is 4.31 Å². The minimum Gasteiger partial charge on any atom is -0.272 e. The number of aromatic amines is 1. The zero-order chi connectivity index (χ0) is 16.1. The first kappa shape index (κ1) is 14.6. The van der Waals surface area contributed by atoms with E-state index < -0.39 is 28.4 Å². The molecule has 0 radical (unpaired) electrons. The highest BCUT2D eigenvalue weighted by atomic mass is 32.2. The maximum Gasteiger partial charge on any atom is 0.269 e. The number of aryl methyl sites for hydroxylation is 1. The lowest BCUT2D eigenvalue weighted by Gasteiger charge is -2.14. The molecule has 0 atom stereocenters. The molecular formula is C12H10N4O4S2. The van der Waals surface area contributed by atoms with E-state index in [1.807, 2.05) is 0 Å². The molecule has 1 amide bonds. The van der Waals surface area contributed by atoms with Crippen LogP contribution in [0.4, 0.5) is 0 Å². The van der Waals surface area contributed by atoms with Gasteiger partial charge < -0.3 is 0 Å². The Kier molecular flexibility index (Phi) is 3.22. The number of sulfonamides is 1. The first-order valence-corrected chi connectivity index (χ1v) is 8.02. The highest BCUT2D eigenvalue weighted by Gasteiger charge is 2.42. The van der Waals surface area contributed by atoms with Crippen molar-refractivity contribution >= 4 is 34.1 Å². The number of fused-ring (bicyclic) bond motifs is 1. The van der Waals surface area contributed by atoms with E-state index in [0.717, 1.165) is 4.57 Å². The normalized spacial score (nSPS) is 15.9. The summed E-state index contributed by atoms with van der Waals surface area (Å²) < 4.78 is 26.4. The third-order valence-electron chi connectivity index (χ3n) is 3.28. The summed E-state index contributed by atoms with van der Waals surface area (Å²) in [6.07, 6.45) is 0. The van der Waals surface area contributed by atoms with Crippen LogP contribution in [0.5, 0.6) is 0 Å². The number of H-pyrrole nitrogens is 1. The van der Waals surface area contributed by atoms with Crippen molar-refractivity contribution < 1.29 is 18.0 Å². The molecule has 0 fully saturated rings. The van der Waals surface area contributed by atoms with E-state index in [9.17, 15) is 18.0 Å². The number of aromatic nitrogens is 3. The third-order valence-corrected chi connectivity index (χ3v) is 5.34. The fourth-order valence-electron chi connectivity index (χ4n) is 2.25. The quantitative estimate of drug-likeness (QED) is 0.810. The van der Waals surface area contributed by atoms with Gasteiger partial charge in [0.05, 0.1) is 5.56 Å². The number of hydrogen-bond donors (Lipinski definition) is 1. The van der Waals surface area contributed by atoms with Gasteiger partial charge in [-0.25, -0.2) is 17.3 Å². The van der Waals surface area contributed by atoms with Crippen LogP contribution < -0.4 is 0 Å². The number of benzene rings is 1. The van der Waals surface area contributed by atoms with Gasteiger partial charge in [-0.3, -0.25) is 14.7 Å². The molecule has 1 aliphatic rings. The van der Waals surface area contributed by atoms with Crippen molar-refractivity contribution in [2.45, 2.75) is 11.8 Å². The molecule has 0 aliphatic carbocycles. The lowest BCUT2D eigenvalue weighted by atomic mass is 10.2. The van der Waals surface area contributed by atoms with E-state index in [2.05, 4.69) is 10.2 Å². The second-order valence-corrected chi connectivity index (χ2v) is 6.84. The molecule has 0 saturated heterocycles. The maximum absolute atomic E-state index is 12.4. The zero-order valence-corrected chi connectivity index (χ0v) is 12.9. The van der Waals surface area contributed by atoms with Crippen molar-refractivity contribution in [1.82, 2.24) is 19.1 Å². The van der Waals surface area contributed by atoms with Gasteiger partial charge in [0.1, 0.15) is 17.3 Å². The topological polar surface area (TPSA) is 105 Å². The molecule has 1 aliphatic heterocycles. The minimum atomic E-state index is -4.02. The van der Waals surface area contributed by atoms with Gasteiger partial charge in [0.15, 0.2) is 0 Å². The number of rotatable bonds is 2. The SMILES string of the molecule is Cc1n[nH]c(=S)n1C(=O)CN1C(=O)c2ccccc2S1(=O)=O. The van der Waals surface area contributed by atoms with Crippen LogP contribution in [-0.2, 0) is 10.0 Å². The Morgan fingerprint density at radius 2 is 2.05 bits per heavy atom. The Balaban J connectivity index is 2.00. The first-order chi connectivity index (χ1) is 10.3. The molecule has 2 aromatic rings. The van der Waals surface area contributed by atoms with Gasteiger partial charge in [-0.2, -0.15) is 5.10 Å². The summed E-state index contributed by atoms with van der Waals surface area (Å²) in [5, 5.41) is 6.21. The van der Waals surface area contributed by atoms with Gasteiger partial charge in [-0.05, 0) is 31.3 Å². The van der Waals surface area contributed by atoms with Crippen LogP contribution in [0.15, 0.2) is 29.2 Å². The predicted octanol–water partition coefficient (Wildman–Crippen LogP) is 0.734. The molecule has 22 heavy (non-hydrogen) atoms. The zero-order valence-electron chi connectivity index (χ0n) is 11.3. The van der Waals surface area contributed by atoms with Gasteiger partial charge in [0.25, 0.3) is 21.8 Å². The third kappa shape index (κ3) is 1.99. The van der Waals surface area contributed by atoms with Gasteiger partial charge in [-0.1, -0.05) is 12.1 Å². The number of carbonyl (C=O) groups is 2. The summed E-state index contributed by atoms with van der Waals surface area (Å²) in [5.41, 5.74) is 0.0582. The van der Waals surface area contributed by atoms with Gasteiger partial charge in [0.2, 0.25) is 4.77 Å². The highest BCUT2D eigenvalue weighted by Crippen LogP contribution is 2.29. The Morgan fingerprint density at radius 3 is 2.64 bits per heavy atom. The maximum atomic E-state index is 12.4. The molecule has 8 nitrogen and oxygen atoms in total. The van der Waals surface area contributed by atoms with Gasteiger partial charge in [0, 0.05) is 0 Å². The summed E-state index contributed by atoms with van der Waals surface area (Å²) in [7, 11) is -4.02. The monoisotopic (exact) mass is 338 g/mol. The molecule has 1 N–H and O–H groups in total. The summed E-state index contributed by atoms with van der Waals surface area (Å²) in [6, 6.07) is 5.83. The average molecular weight is 338 g/mol. The van der Waals surface area contributed by atoms with E-state index in [1.54, 1.807) is 13.0 Å². The molecule has 3 rings (SSSR count). The lowest BCUT2D eigenvalue weighted by Crippen LogP contribution is -2.37. The second-order valence-electron chi connectivity index (χ2n) is 4.62. The lowest BCUT2D eigenvalue weighted by molar-refractivity contribution is 0.0784. The molecule has 10 heteroatoms. The molecule has 1 aromatic heterocycles. The first-order valence-electron chi connectivity index (χ1n) is 6.17. The van der Waals surface area contributed by atoms with E-state index in [4.69, 9.17) is 12.2 Å². The average Bonchev–Trinajstić information content (AvgIpc) is 2.90. The van der Waals surface area contributed by atoms with Crippen LogP contribution in [0.3, 0.4) is 0 Å². The van der Waals surface area contributed by atoms with Crippen LogP contribution in [0.1, 0.15) is 21.0 Å². The summed E-state index contributed by atoms with van der Waals surface area (Å²) in [4.78, 5) is 24.4.